The molecule has 0 saturated heterocycles. The van der Waals surface area contributed by atoms with E-state index in [9.17, 15) is 38.1 Å². The van der Waals surface area contributed by atoms with Crippen LogP contribution in [0.2, 0.25) is 0 Å². The minimum atomic E-state index is -3.68. The normalized spacial score (nSPS) is 15.8. The number of rotatable bonds is 5. The van der Waals surface area contributed by atoms with Crippen molar-refractivity contribution in [3.63, 3.8) is 0 Å². The molecule has 5 N–H and O–H groups in total. The van der Waals surface area contributed by atoms with E-state index in [4.69, 9.17) is 5.11 Å². The van der Waals surface area contributed by atoms with Crippen molar-refractivity contribution in [1.82, 2.24) is 19.5 Å². The smallest absolute Gasteiger partial charge is 0.537 e. The Balaban J connectivity index is 0.000000283. The summed E-state index contributed by atoms with van der Waals surface area (Å²) >= 11 is 0. The number of hydrogen-bond acceptors (Lipinski definition) is 11. The Kier molecular flexibility index (Phi) is 9.64. The third kappa shape index (κ3) is 6.16. The first-order valence-electron chi connectivity index (χ1n) is 11.5. The maximum Gasteiger partial charge on any atom is 1.00 e. The van der Waals surface area contributed by atoms with Crippen LogP contribution >= 0.6 is 0 Å². The van der Waals surface area contributed by atoms with Crippen LogP contribution in [0.15, 0.2) is 50.9 Å². The number of benzene rings is 2. The van der Waals surface area contributed by atoms with Crippen molar-refractivity contribution in [2.24, 2.45) is 0 Å². The Morgan fingerprint density at radius 3 is 2.30 bits per heavy atom. The molecule has 14 nitrogen and oxygen atoms in total. The van der Waals surface area contributed by atoms with Crippen molar-refractivity contribution in [3.05, 3.63) is 78.6 Å². The zero-order chi connectivity index (χ0) is 28.6. The molecule has 0 bridgehead atoms. The summed E-state index contributed by atoms with van der Waals surface area (Å²) in [6.07, 6.45) is -4.68. The van der Waals surface area contributed by atoms with E-state index in [0.29, 0.717) is 11.0 Å². The zero-order valence-corrected chi connectivity index (χ0v) is 24.5. The Morgan fingerprint density at radius 2 is 1.65 bits per heavy atom. The molecular weight excluding hydrogens is 557 g/mol. The number of aryl methyl sites for hydroxylation is 2. The third-order valence-corrected chi connectivity index (χ3v) is 7.49. The van der Waals surface area contributed by atoms with Gasteiger partial charge in [0.2, 0.25) is 0 Å². The van der Waals surface area contributed by atoms with E-state index in [0.717, 1.165) is 11.1 Å². The fraction of sp³-hybridized carbons (Fsp3) is 0.292. The molecule has 0 radical (unpaired) electrons. The van der Waals surface area contributed by atoms with Gasteiger partial charge in [-0.05, 0) is 43.2 Å². The quantitative estimate of drug-likeness (QED) is 0.113. The number of aromatic nitrogens is 4. The van der Waals surface area contributed by atoms with Gasteiger partial charge in [0.15, 0.2) is 11.5 Å². The number of nitrogens with zero attached hydrogens (tertiary/aromatic N) is 4. The molecule has 0 unspecified atom stereocenters. The molecule has 2 aromatic rings. The number of aliphatic hydroxyl groups is 4. The maximum atomic E-state index is 12.2. The molecule has 0 spiro atoms. The van der Waals surface area contributed by atoms with E-state index in [1.165, 1.54) is 16.7 Å². The van der Waals surface area contributed by atoms with Crippen LogP contribution in [0.5, 0.6) is 0 Å². The molecule has 40 heavy (non-hydrogen) atoms. The van der Waals surface area contributed by atoms with Gasteiger partial charge in [-0.3, -0.25) is 9.78 Å². The molecule has 0 saturated carbocycles. The number of hydrogen-bond donors (Lipinski definition) is 5. The standard InChI is InChI=1S/C17H20N4O6.C7H5NO3S.Na/c1-7-3-9-10(4-8(7)2)21(5-11(23)14(25)12(24)6-22)15-13(18-9)16(26)20-17(27)19-15;9-7-5-3-1-2-4-6(5)12(10,11)8-7;/h3-4,11-12,14,22-25H,5-6H2,1-2H3,(H,20,26,27);1-4H,(H,8,9);/q;;+1/p-1/t11-,12+,14-;;/m0../s1. The molecular formula is C24H24N5NaO9S. The second kappa shape index (κ2) is 12.2. The van der Waals surface area contributed by atoms with Crippen LogP contribution in [0.25, 0.3) is 27.3 Å². The molecule has 0 aliphatic carbocycles. The Labute approximate surface area is 249 Å². The predicted molar refractivity (Wildman–Crippen MR) is 137 cm³/mol. The minimum absolute atomic E-state index is 0. The maximum absolute atomic E-state index is 12.2. The topological polar surface area (TPSA) is 227 Å². The fourth-order valence-electron chi connectivity index (χ4n) is 3.97. The van der Waals surface area contributed by atoms with Gasteiger partial charge in [0.05, 0.1) is 35.0 Å². The van der Waals surface area contributed by atoms with Gasteiger partial charge in [-0.25, -0.2) is 18.2 Å². The second-order valence-electron chi connectivity index (χ2n) is 8.87. The van der Waals surface area contributed by atoms with Crippen molar-refractivity contribution in [2.45, 2.75) is 43.6 Å². The Morgan fingerprint density at radius 1 is 1.00 bits per heavy atom. The van der Waals surface area contributed by atoms with Crippen molar-refractivity contribution in [1.29, 1.82) is 0 Å². The van der Waals surface area contributed by atoms with Gasteiger partial charge in [0.25, 0.3) is 5.56 Å². The number of aliphatic hydroxyl groups excluding tert-OH is 4. The summed E-state index contributed by atoms with van der Waals surface area (Å²) in [5.74, 6) is -0.727. The summed E-state index contributed by atoms with van der Waals surface area (Å²) in [6.45, 7) is 2.73. The van der Waals surface area contributed by atoms with Crippen LogP contribution in [0.3, 0.4) is 0 Å². The largest absolute Gasteiger partial charge is 1.00 e. The van der Waals surface area contributed by atoms with Crippen LogP contribution in [0.1, 0.15) is 21.5 Å². The first kappa shape index (κ1) is 31.5. The van der Waals surface area contributed by atoms with Gasteiger partial charge >= 0.3 is 35.2 Å². The Bertz CT molecular complexity index is 1770. The molecule has 206 valence electrons. The number of nitrogens with one attached hydrogen (secondary N) is 1. The average Bonchev–Trinajstić information content (AvgIpc) is 3.13. The monoisotopic (exact) mass is 581 g/mol. The van der Waals surface area contributed by atoms with Crippen molar-refractivity contribution < 1.29 is 63.2 Å². The summed E-state index contributed by atoms with van der Waals surface area (Å²) in [4.78, 5) is 44.9. The first-order valence-corrected chi connectivity index (χ1v) is 13.0. The number of fused-ring (bicyclic) bond motifs is 3. The van der Waals surface area contributed by atoms with Gasteiger partial charge < -0.3 is 34.5 Å². The number of sulfonamides is 1. The molecule has 16 heteroatoms. The molecule has 3 atom stereocenters. The van der Waals surface area contributed by atoms with Crippen molar-refractivity contribution in [3.8, 4) is 11.5 Å². The van der Waals surface area contributed by atoms with E-state index >= 15 is 0 Å². The fourth-order valence-corrected chi connectivity index (χ4v) is 5.07. The number of aromatic amines is 1. The van der Waals surface area contributed by atoms with Gasteiger partial charge in [-0.1, -0.05) is 18.2 Å². The summed E-state index contributed by atoms with van der Waals surface area (Å²) in [5.41, 5.74) is 1.28. The van der Waals surface area contributed by atoms with Gasteiger partial charge in [-0.15, -0.1) is 0 Å². The van der Waals surface area contributed by atoms with Crippen LogP contribution in [-0.4, -0.2) is 79.2 Å². The molecule has 3 heterocycles. The molecule has 0 fully saturated rings. The van der Waals surface area contributed by atoms with Crippen molar-refractivity contribution >= 4 is 27.0 Å². The molecule has 3 aliphatic rings. The summed E-state index contributed by atoms with van der Waals surface area (Å²) < 4.78 is 26.6. The molecule has 2 aromatic carbocycles. The van der Waals surface area contributed by atoms with Crippen LogP contribution < -0.4 is 40.8 Å². The molecule has 1 amide bonds. The van der Waals surface area contributed by atoms with Crippen LogP contribution in [0, 0.1) is 13.8 Å². The van der Waals surface area contributed by atoms with Crippen molar-refractivity contribution in [2.75, 3.05) is 6.61 Å². The van der Waals surface area contributed by atoms with Gasteiger partial charge in [0.1, 0.15) is 28.3 Å². The minimum Gasteiger partial charge on any atom is -0.537 e. The molecule has 0 aromatic heterocycles. The zero-order valence-electron chi connectivity index (χ0n) is 21.6. The van der Waals surface area contributed by atoms with E-state index in [1.807, 2.05) is 13.8 Å². The number of carbonyl (C=O) groups is 1. The third-order valence-electron chi connectivity index (χ3n) is 6.17. The van der Waals surface area contributed by atoms with Crippen LogP contribution in [0.4, 0.5) is 0 Å². The number of carbonyl (C=O) groups excluding carboxylic acids is 1. The SMILES string of the molecule is Cc1cc2nc3c(=O)[nH]c(=O)nc-3n(C[C@H](O)[C@H](O)[C@H](O)CO)c2cc1C.O=C1[N-]S(=O)(=O)c2ccccc21.[Na+]. The Hall–Kier alpha value is -3.02. The van der Waals surface area contributed by atoms with E-state index in [2.05, 4.69) is 19.7 Å². The number of H-pyrrole nitrogens is 1. The second-order valence-corrected chi connectivity index (χ2v) is 10.4. The average molecular weight is 582 g/mol. The van der Waals surface area contributed by atoms with E-state index < -0.39 is 52.1 Å². The van der Waals surface area contributed by atoms with Gasteiger partial charge in [0, 0.05) is 5.56 Å². The van der Waals surface area contributed by atoms with E-state index in [1.54, 1.807) is 24.3 Å². The summed E-state index contributed by atoms with van der Waals surface area (Å²) in [5, 5.41) is 38.8. The summed E-state index contributed by atoms with van der Waals surface area (Å²) in [6, 6.07) is 9.52. The van der Waals surface area contributed by atoms with E-state index in [-0.39, 0.29) is 58.1 Å². The first-order chi connectivity index (χ1) is 18.3. The summed E-state index contributed by atoms with van der Waals surface area (Å²) in [7, 11) is -3.68. The molecule has 3 aliphatic heterocycles. The van der Waals surface area contributed by atoms with Crippen LogP contribution in [-0.2, 0) is 16.6 Å². The predicted octanol–water partition coefficient (Wildman–Crippen LogP) is -3.82. The number of amides is 1. The molecule has 5 rings (SSSR count). The van der Waals surface area contributed by atoms with Gasteiger partial charge in [-0.2, -0.15) is 4.98 Å².